The molecule has 0 bridgehead atoms. The average Bonchev–Trinajstić information content (AvgIpc) is 3.23. The third-order valence-electron chi connectivity index (χ3n) is 4.43. The van der Waals surface area contributed by atoms with Crippen molar-refractivity contribution in [3.63, 3.8) is 0 Å². The lowest BCUT2D eigenvalue weighted by molar-refractivity contribution is 0.0697. The highest BCUT2D eigenvalue weighted by Crippen LogP contribution is 2.37. The molecule has 0 aliphatic rings. The number of aromatic carboxylic acids is 1. The number of anilines is 1. The standard InChI is InChI=1S/C22H23NO5S2/c1-15(2)23(30(26,27)21-5-4-12-28-21)19-11-6-16(3)13-20(19)29-14-17-7-9-18(10-8-17)22(24)25/h4-13,15H,14H2,1-3H3,(H,24,25). The number of benzene rings is 2. The van der Waals surface area contributed by atoms with E-state index in [4.69, 9.17) is 9.52 Å². The Labute approximate surface area is 180 Å². The quantitative estimate of drug-likeness (QED) is 0.481. The number of carboxylic acid groups (broad SMARTS) is 1. The molecule has 1 N–H and O–H groups in total. The highest BCUT2D eigenvalue weighted by molar-refractivity contribution is 7.98. The second kappa shape index (κ2) is 8.97. The Morgan fingerprint density at radius 1 is 1.13 bits per heavy atom. The number of hydrogen-bond donors (Lipinski definition) is 1. The van der Waals surface area contributed by atoms with Crippen molar-refractivity contribution < 1.29 is 22.7 Å². The number of nitrogens with zero attached hydrogens (tertiary/aromatic N) is 1. The second-order valence-corrected chi connectivity index (χ2v) is 9.85. The number of furan rings is 1. The number of carboxylic acids is 1. The molecule has 0 saturated heterocycles. The highest BCUT2D eigenvalue weighted by atomic mass is 32.2. The highest BCUT2D eigenvalue weighted by Gasteiger charge is 2.31. The normalized spacial score (nSPS) is 11.6. The minimum Gasteiger partial charge on any atom is -0.478 e. The van der Waals surface area contributed by atoms with Crippen LogP contribution in [0.1, 0.15) is 35.3 Å². The van der Waals surface area contributed by atoms with Gasteiger partial charge in [0.1, 0.15) is 0 Å². The Morgan fingerprint density at radius 2 is 1.83 bits per heavy atom. The van der Waals surface area contributed by atoms with E-state index in [2.05, 4.69) is 0 Å². The van der Waals surface area contributed by atoms with Crippen molar-refractivity contribution in [3.8, 4) is 0 Å². The summed E-state index contributed by atoms with van der Waals surface area (Å²) in [7, 11) is -3.86. The van der Waals surface area contributed by atoms with Crippen molar-refractivity contribution in [1.29, 1.82) is 0 Å². The third kappa shape index (κ3) is 4.71. The molecule has 0 fully saturated rings. The van der Waals surface area contributed by atoms with Crippen LogP contribution in [-0.2, 0) is 15.8 Å². The van der Waals surface area contributed by atoms with Gasteiger partial charge in [-0.25, -0.2) is 4.79 Å². The first kappa shape index (κ1) is 22.0. The van der Waals surface area contributed by atoms with E-state index in [0.29, 0.717) is 11.4 Å². The maximum absolute atomic E-state index is 13.2. The van der Waals surface area contributed by atoms with E-state index in [-0.39, 0.29) is 16.7 Å². The molecule has 0 radical (unpaired) electrons. The van der Waals surface area contributed by atoms with Crippen molar-refractivity contribution in [2.75, 3.05) is 4.31 Å². The Bertz CT molecular complexity index is 1120. The largest absolute Gasteiger partial charge is 0.478 e. The molecule has 0 amide bonds. The van der Waals surface area contributed by atoms with Gasteiger partial charge < -0.3 is 9.52 Å². The predicted octanol–water partition coefficient (Wildman–Crippen LogP) is 5.18. The molecule has 3 aromatic rings. The molecule has 158 valence electrons. The SMILES string of the molecule is Cc1ccc(N(C(C)C)S(=O)(=O)c2ccco2)c(SCc2ccc(C(=O)O)cc2)c1. The topological polar surface area (TPSA) is 87.8 Å². The summed E-state index contributed by atoms with van der Waals surface area (Å²) in [5.41, 5.74) is 2.78. The van der Waals surface area contributed by atoms with E-state index in [1.54, 1.807) is 30.3 Å². The molecule has 3 rings (SSSR count). The van der Waals surface area contributed by atoms with Gasteiger partial charge in [-0.2, -0.15) is 8.42 Å². The first-order valence-electron chi connectivity index (χ1n) is 9.34. The summed E-state index contributed by atoms with van der Waals surface area (Å²) in [6, 6.07) is 15.0. The number of aryl methyl sites for hydroxylation is 1. The zero-order chi connectivity index (χ0) is 21.9. The summed E-state index contributed by atoms with van der Waals surface area (Å²) in [5, 5.41) is 8.94. The van der Waals surface area contributed by atoms with E-state index in [1.165, 1.54) is 28.4 Å². The third-order valence-corrected chi connectivity index (χ3v) is 7.42. The first-order chi connectivity index (χ1) is 14.2. The van der Waals surface area contributed by atoms with Crippen molar-refractivity contribution in [1.82, 2.24) is 0 Å². The Kier molecular flexibility index (Phi) is 6.58. The summed E-state index contributed by atoms with van der Waals surface area (Å²) in [6.45, 7) is 5.59. The number of thioether (sulfide) groups is 1. The molecular weight excluding hydrogens is 422 g/mol. The van der Waals surface area contributed by atoms with E-state index in [0.717, 1.165) is 16.0 Å². The van der Waals surface area contributed by atoms with E-state index < -0.39 is 16.0 Å². The smallest absolute Gasteiger partial charge is 0.335 e. The van der Waals surface area contributed by atoms with Gasteiger partial charge in [0.15, 0.2) is 0 Å². The molecule has 1 aromatic heterocycles. The monoisotopic (exact) mass is 445 g/mol. The number of hydrogen-bond acceptors (Lipinski definition) is 5. The molecule has 6 nitrogen and oxygen atoms in total. The van der Waals surface area contributed by atoms with Gasteiger partial charge in [0, 0.05) is 16.7 Å². The lowest BCUT2D eigenvalue weighted by Crippen LogP contribution is -2.37. The van der Waals surface area contributed by atoms with Crippen molar-refractivity contribution >= 4 is 33.4 Å². The summed E-state index contributed by atoms with van der Waals surface area (Å²) in [6.07, 6.45) is 1.34. The van der Waals surface area contributed by atoms with Gasteiger partial charge in [-0.15, -0.1) is 11.8 Å². The molecule has 0 aliphatic carbocycles. The Morgan fingerprint density at radius 3 is 2.40 bits per heavy atom. The van der Waals surface area contributed by atoms with Gasteiger partial charge in [0.2, 0.25) is 5.09 Å². The fourth-order valence-corrected chi connectivity index (χ4v) is 5.77. The van der Waals surface area contributed by atoms with Crippen LogP contribution in [0, 0.1) is 6.92 Å². The number of rotatable bonds is 8. The van der Waals surface area contributed by atoms with Gasteiger partial charge >= 0.3 is 5.97 Å². The zero-order valence-electron chi connectivity index (χ0n) is 16.9. The van der Waals surface area contributed by atoms with E-state index >= 15 is 0 Å². The molecule has 1 heterocycles. The van der Waals surface area contributed by atoms with Crippen molar-refractivity contribution in [2.24, 2.45) is 0 Å². The Balaban J connectivity index is 1.94. The van der Waals surface area contributed by atoms with Crippen LogP contribution < -0.4 is 4.31 Å². The van der Waals surface area contributed by atoms with Gasteiger partial charge in [0.05, 0.1) is 17.5 Å². The lowest BCUT2D eigenvalue weighted by Gasteiger charge is -2.29. The summed E-state index contributed by atoms with van der Waals surface area (Å²) in [4.78, 5) is 11.8. The minimum atomic E-state index is -3.86. The van der Waals surface area contributed by atoms with Crippen LogP contribution in [0.3, 0.4) is 0 Å². The van der Waals surface area contributed by atoms with Crippen LogP contribution in [0.4, 0.5) is 5.69 Å². The average molecular weight is 446 g/mol. The molecule has 30 heavy (non-hydrogen) atoms. The first-order valence-corrected chi connectivity index (χ1v) is 11.8. The maximum atomic E-state index is 13.2. The predicted molar refractivity (Wildman–Crippen MR) is 118 cm³/mol. The Hall–Kier alpha value is -2.71. The molecule has 2 aromatic carbocycles. The van der Waals surface area contributed by atoms with Crippen molar-refractivity contribution in [2.45, 2.75) is 42.6 Å². The molecule has 0 atom stereocenters. The number of carbonyl (C=O) groups is 1. The molecular formula is C22H23NO5S2. The fourth-order valence-electron chi connectivity index (χ4n) is 3.02. The molecule has 0 saturated carbocycles. The number of sulfonamides is 1. The van der Waals surface area contributed by atoms with Gasteiger partial charge in [-0.3, -0.25) is 4.31 Å². The molecule has 0 aliphatic heterocycles. The summed E-state index contributed by atoms with van der Waals surface area (Å²) < 4.78 is 33.0. The van der Waals surface area contributed by atoms with Crippen LogP contribution in [0.15, 0.2) is 75.3 Å². The summed E-state index contributed by atoms with van der Waals surface area (Å²) in [5.74, 6) is -0.394. The second-order valence-electron chi connectivity index (χ2n) is 7.09. The van der Waals surface area contributed by atoms with Gasteiger partial charge in [-0.1, -0.05) is 18.2 Å². The summed E-state index contributed by atoms with van der Waals surface area (Å²) >= 11 is 1.50. The van der Waals surface area contributed by atoms with E-state index in [9.17, 15) is 13.2 Å². The van der Waals surface area contributed by atoms with Crippen LogP contribution in [0.2, 0.25) is 0 Å². The molecule has 0 unspecified atom stereocenters. The van der Waals surface area contributed by atoms with Crippen LogP contribution in [-0.4, -0.2) is 25.5 Å². The van der Waals surface area contributed by atoms with Crippen LogP contribution >= 0.6 is 11.8 Å². The lowest BCUT2D eigenvalue weighted by atomic mass is 10.1. The van der Waals surface area contributed by atoms with Gasteiger partial charge in [0.25, 0.3) is 10.0 Å². The fraction of sp³-hybridized carbons (Fsp3) is 0.227. The minimum absolute atomic E-state index is 0.100. The van der Waals surface area contributed by atoms with Gasteiger partial charge in [-0.05, 0) is 68.3 Å². The molecule has 8 heteroatoms. The molecule has 0 spiro atoms. The van der Waals surface area contributed by atoms with Crippen molar-refractivity contribution in [3.05, 3.63) is 77.6 Å². The van der Waals surface area contributed by atoms with E-state index in [1.807, 2.05) is 39.0 Å². The zero-order valence-corrected chi connectivity index (χ0v) is 18.5. The maximum Gasteiger partial charge on any atom is 0.335 e. The van der Waals surface area contributed by atoms with Crippen LogP contribution in [0.25, 0.3) is 0 Å². The van der Waals surface area contributed by atoms with Crippen LogP contribution in [0.5, 0.6) is 0 Å².